The van der Waals surface area contributed by atoms with Gasteiger partial charge in [0.25, 0.3) is 5.91 Å². The van der Waals surface area contributed by atoms with Crippen LogP contribution in [0.4, 0.5) is 0 Å². The van der Waals surface area contributed by atoms with Crippen LogP contribution in [0.5, 0.6) is 0 Å². The third-order valence-electron chi connectivity index (χ3n) is 3.81. The van der Waals surface area contributed by atoms with Crippen molar-refractivity contribution < 1.29 is 4.79 Å². The molecule has 0 atom stereocenters. The van der Waals surface area contributed by atoms with E-state index in [1.54, 1.807) is 0 Å². The van der Waals surface area contributed by atoms with Crippen LogP contribution in [0.3, 0.4) is 0 Å². The molecule has 4 heteroatoms. The Hall–Kier alpha value is -2.43. The van der Waals surface area contributed by atoms with Gasteiger partial charge in [0.1, 0.15) is 0 Å². The molecule has 0 heterocycles. The molecule has 0 spiro atoms. The molecule has 0 fully saturated rings. The number of halogens is 1. The predicted molar refractivity (Wildman–Crippen MR) is 104 cm³/mol. The first-order valence-corrected chi connectivity index (χ1v) is 8.90. The van der Waals surface area contributed by atoms with E-state index in [2.05, 4.69) is 45.6 Å². The Morgan fingerprint density at radius 3 is 1.76 bits per heavy atom. The molecule has 1 N–H and O–H groups in total. The maximum absolute atomic E-state index is 12.7. The van der Waals surface area contributed by atoms with Gasteiger partial charge in [-0.2, -0.15) is 0 Å². The highest BCUT2D eigenvalue weighted by Crippen LogP contribution is 2.16. The van der Waals surface area contributed by atoms with E-state index in [9.17, 15) is 4.79 Å². The number of benzene rings is 3. The van der Waals surface area contributed by atoms with Crippen LogP contribution in [0.2, 0.25) is 0 Å². The number of nitrogens with zero attached hydrogens (tertiary/aromatic N) is 1. The molecule has 3 aromatic carbocycles. The third-order valence-corrected chi connectivity index (χ3v) is 4.50. The summed E-state index contributed by atoms with van der Waals surface area (Å²) in [6, 6.07) is 27.7. The highest BCUT2D eigenvalue weighted by molar-refractivity contribution is 9.10. The summed E-state index contributed by atoms with van der Waals surface area (Å²) in [5.41, 5.74) is 5.94. The molecule has 0 saturated heterocycles. The van der Waals surface area contributed by atoms with E-state index in [1.165, 1.54) is 0 Å². The first kappa shape index (κ1) is 17.4. The number of rotatable bonds is 6. The summed E-state index contributed by atoms with van der Waals surface area (Å²) >= 11 is 3.44. The summed E-state index contributed by atoms with van der Waals surface area (Å²) in [6.45, 7) is 1.26. The molecule has 0 aliphatic heterocycles. The first-order valence-electron chi connectivity index (χ1n) is 8.10. The number of carbonyl (C=O) groups excluding carboxylic acids is 1. The average Bonchev–Trinajstić information content (AvgIpc) is 2.63. The van der Waals surface area contributed by atoms with Gasteiger partial charge in [-0.3, -0.25) is 10.2 Å². The number of hydrogen-bond donors (Lipinski definition) is 1. The zero-order chi connectivity index (χ0) is 17.5. The van der Waals surface area contributed by atoms with Crippen LogP contribution in [0.1, 0.15) is 21.5 Å². The van der Waals surface area contributed by atoms with Crippen molar-refractivity contribution in [2.45, 2.75) is 13.1 Å². The predicted octanol–water partition coefficient (Wildman–Crippen LogP) is 4.80. The second-order valence-corrected chi connectivity index (χ2v) is 6.60. The lowest BCUT2D eigenvalue weighted by Crippen LogP contribution is -2.41. The van der Waals surface area contributed by atoms with E-state index in [1.807, 2.05) is 65.7 Å². The number of carbonyl (C=O) groups is 1. The molecule has 126 valence electrons. The topological polar surface area (TPSA) is 32.3 Å². The van der Waals surface area contributed by atoms with Gasteiger partial charge in [-0.25, -0.2) is 5.01 Å². The lowest BCUT2D eigenvalue weighted by molar-refractivity contribution is 0.0758. The molecular weight excluding hydrogens is 376 g/mol. The zero-order valence-electron chi connectivity index (χ0n) is 13.7. The molecule has 0 radical (unpaired) electrons. The van der Waals surface area contributed by atoms with Crippen LogP contribution in [0, 0.1) is 0 Å². The Balaban J connectivity index is 1.78. The molecule has 0 unspecified atom stereocenters. The monoisotopic (exact) mass is 394 g/mol. The number of nitrogens with one attached hydrogen (secondary N) is 1. The lowest BCUT2D eigenvalue weighted by atomic mass is 10.2. The van der Waals surface area contributed by atoms with Crippen molar-refractivity contribution in [3.63, 3.8) is 0 Å². The zero-order valence-corrected chi connectivity index (χ0v) is 15.3. The Morgan fingerprint density at radius 2 is 1.24 bits per heavy atom. The van der Waals surface area contributed by atoms with Gasteiger partial charge in [-0.05, 0) is 39.2 Å². The standard InChI is InChI=1S/C21H19BrN2O/c22-20-14-8-7-13-19(20)21(25)23-24(15-17-9-3-1-4-10-17)16-18-11-5-2-6-12-18/h1-14H,15-16H2,(H,23,25). The second-order valence-electron chi connectivity index (χ2n) is 5.75. The molecule has 1 amide bonds. The molecule has 0 saturated carbocycles. The summed E-state index contributed by atoms with van der Waals surface area (Å²) < 4.78 is 0.784. The summed E-state index contributed by atoms with van der Waals surface area (Å²) in [5, 5.41) is 1.94. The Morgan fingerprint density at radius 1 is 0.760 bits per heavy atom. The van der Waals surface area contributed by atoms with Gasteiger partial charge in [0.2, 0.25) is 0 Å². The second kappa shape index (κ2) is 8.60. The first-order chi connectivity index (χ1) is 12.2. The van der Waals surface area contributed by atoms with Crippen LogP contribution < -0.4 is 5.43 Å². The maximum Gasteiger partial charge on any atom is 0.266 e. The molecule has 3 aromatic rings. The summed E-state index contributed by atoms with van der Waals surface area (Å²) in [6.07, 6.45) is 0. The minimum absolute atomic E-state index is 0.126. The van der Waals surface area contributed by atoms with Gasteiger partial charge in [0.05, 0.1) is 5.56 Å². The normalized spacial score (nSPS) is 10.6. The van der Waals surface area contributed by atoms with Gasteiger partial charge in [0, 0.05) is 17.6 Å². The summed E-state index contributed by atoms with van der Waals surface area (Å²) in [5.74, 6) is -0.126. The molecule has 25 heavy (non-hydrogen) atoms. The SMILES string of the molecule is O=C(NN(Cc1ccccc1)Cc1ccccc1)c1ccccc1Br. The van der Waals surface area contributed by atoms with E-state index in [4.69, 9.17) is 0 Å². The van der Waals surface area contributed by atoms with Crippen LogP contribution in [-0.2, 0) is 13.1 Å². The molecule has 3 nitrogen and oxygen atoms in total. The Labute approximate surface area is 156 Å². The van der Waals surface area contributed by atoms with Crippen LogP contribution in [-0.4, -0.2) is 10.9 Å². The molecule has 0 aromatic heterocycles. The molecular formula is C21H19BrN2O. The van der Waals surface area contributed by atoms with Gasteiger partial charge >= 0.3 is 0 Å². The van der Waals surface area contributed by atoms with Crippen molar-refractivity contribution in [1.29, 1.82) is 0 Å². The minimum Gasteiger partial charge on any atom is -0.284 e. The van der Waals surface area contributed by atoms with Crippen molar-refractivity contribution >= 4 is 21.8 Å². The van der Waals surface area contributed by atoms with Crippen LogP contribution in [0.25, 0.3) is 0 Å². The fraction of sp³-hybridized carbons (Fsp3) is 0.0952. The number of hydrazine groups is 1. The van der Waals surface area contributed by atoms with Gasteiger partial charge in [0.15, 0.2) is 0 Å². The van der Waals surface area contributed by atoms with Gasteiger partial charge in [-0.15, -0.1) is 0 Å². The number of amides is 1. The highest BCUT2D eigenvalue weighted by atomic mass is 79.9. The van der Waals surface area contributed by atoms with E-state index in [0.717, 1.165) is 15.6 Å². The van der Waals surface area contributed by atoms with Crippen LogP contribution in [0.15, 0.2) is 89.4 Å². The van der Waals surface area contributed by atoms with E-state index in [0.29, 0.717) is 18.7 Å². The fourth-order valence-corrected chi connectivity index (χ4v) is 3.06. The Kier molecular flexibility index (Phi) is 5.99. The van der Waals surface area contributed by atoms with E-state index in [-0.39, 0.29) is 5.91 Å². The van der Waals surface area contributed by atoms with Gasteiger partial charge in [-0.1, -0.05) is 72.8 Å². The Bertz CT molecular complexity index is 780. The third kappa shape index (κ3) is 5.02. The average molecular weight is 395 g/mol. The van der Waals surface area contributed by atoms with Crippen LogP contribution >= 0.6 is 15.9 Å². The van der Waals surface area contributed by atoms with Crippen molar-refractivity contribution in [2.24, 2.45) is 0 Å². The fourth-order valence-electron chi connectivity index (χ4n) is 2.59. The summed E-state index contributed by atoms with van der Waals surface area (Å²) in [7, 11) is 0. The molecule has 0 bridgehead atoms. The van der Waals surface area contributed by atoms with Crippen molar-refractivity contribution in [1.82, 2.24) is 10.4 Å². The molecule has 0 aliphatic carbocycles. The van der Waals surface area contributed by atoms with Crippen molar-refractivity contribution in [2.75, 3.05) is 0 Å². The van der Waals surface area contributed by atoms with Crippen molar-refractivity contribution in [3.05, 3.63) is 106 Å². The smallest absolute Gasteiger partial charge is 0.266 e. The van der Waals surface area contributed by atoms with E-state index >= 15 is 0 Å². The lowest BCUT2D eigenvalue weighted by Gasteiger charge is -2.24. The highest BCUT2D eigenvalue weighted by Gasteiger charge is 2.14. The summed E-state index contributed by atoms with van der Waals surface area (Å²) in [4.78, 5) is 12.7. The minimum atomic E-state index is -0.126. The number of hydrogen-bond acceptors (Lipinski definition) is 2. The van der Waals surface area contributed by atoms with Crippen molar-refractivity contribution in [3.8, 4) is 0 Å². The van der Waals surface area contributed by atoms with Gasteiger partial charge < -0.3 is 0 Å². The maximum atomic E-state index is 12.7. The molecule has 3 rings (SSSR count). The largest absolute Gasteiger partial charge is 0.284 e. The molecule has 0 aliphatic rings. The quantitative estimate of drug-likeness (QED) is 0.609. The van der Waals surface area contributed by atoms with E-state index < -0.39 is 0 Å².